The zero-order valence-electron chi connectivity index (χ0n) is 12.7. The van der Waals surface area contributed by atoms with E-state index in [2.05, 4.69) is 5.16 Å². The molecule has 2 atom stereocenters. The molecule has 8 nitrogen and oxygen atoms in total. The van der Waals surface area contributed by atoms with Crippen LogP contribution in [0.2, 0.25) is 0 Å². The van der Waals surface area contributed by atoms with E-state index < -0.39 is 28.8 Å². The van der Waals surface area contributed by atoms with Gasteiger partial charge in [-0.3, -0.25) is 19.7 Å². The van der Waals surface area contributed by atoms with Crippen LogP contribution in [0.1, 0.15) is 5.56 Å². The average Bonchev–Trinajstić information content (AvgIpc) is 3.16. The number of fused-ring (bicyclic) bond motifs is 1. The van der Waals surface area contributed by atoms with Crippen molar-refractivity contribution in [2.24, 2.45) is 11.1 Å². The largest absolute Gasteiger partial charge is 0.381 e. The number of imide groups is 1. The van der Waals surface area contributed by atoms with E-state index in [1.54, 1.807) is 30.3 Å². The van der Waals surface area contributed by atoms with Crippen molar-refractivity contribution < 1.29 is 19.3 Å². The van der Waals surface area contributed by atoms with Crippen molar-refractivity contribution in [2.45, 2.75) is 6.10 Å². The van der Waals surface area contributed by atoms with Crippen molar-refractivity contribution in [2.75, 3.05) is 4.90 Å². The van der Waals surface area contributed by atoms with Crippen molar-refractivity contribution >= 4 is 28.9 Å². The van der Waals surface area contributed by atoms with Crippen LogP contribution >= 0.6 is 0 Å². The van der Waals surface area contributed by atoms with Gasteiger partial charge >= 0.3 is 0 Å². The fourth-order valence-corrected chi connectivity index (χ4v) is 3.00. The Balaban J connectivity index is 1.67. The fraction of sp³-hybridized carbons (Fsp3) is 0.118. The minimum atomic E-state index is -1.00. The van der Waals surface area contributed by atoms with Gasteiger partial charge in [-0.25, -0.2) is 4.90 Å². The van der Waals surface area contributed by atoms with Gasteiger partial charge in [0.15, 0.2) is 0 Å². The first kappa shape index (κ1) is 15.0. The highest BCUT2D eigenvalue weighted by Gasteiger charge is 2.56. The summed E-state index contributed by atoms with van der Waals surface area (Å²) in [6.07, 6.45) is -1.00. The molecule has 124 valence electrons. The SMILES string of the molecule is O=C1[C@@H]2C(c3ccc([N+](=O)[O-])cc3)=NO[C@H]2C(=O)N1c1ccccc1. The van der Waals surface area contributed by atoms with E-state index in [-0.39, 0.29) is 5.69 Å². The van der Waals surface area contributed by atoms with Crippen LogP contribution < -0.4 is 4.90 Å². The van der Waals surface area contributed by atoms with Crippen molar-refractivity contribution in [1.29, 1.82) is 0 Å². The summed E-state index contributed by atoms with van der Waals surface area (Å²) in [6.45, 7) is 0. The molecule has 0 unspecified atom stereocenters. The van der Waals surface area contributed by atoms with Gasteiger partial charge in [-0.2, -0.15) is 0 Å². The van der Waals surface area contributed by atoms with Crippen LogP contribution in [0.5, 0.6) is 0 Å². The standard InChI is InChI=1S/C17H11N3O5/c21-16-13-14(10-6-8-12(9-7-10)20(23)24)18-25-15(13)17(22)19(16)11-4-2-1-3-5-11/h1-9,13,15H/t13-,15-/m1/s1. The Bertz CT molecular complexity index is 908. The number of non-ortho nitro benzene ring substituents is 1. The lowest BCUT2D eigenvalue weighted by atomic mass is 9.94. The molecule has 0 aliphatic carbocycles. The zero-order chi connectivity index (χ0) is 17.6. The molecule has 0 saturated carbocycles. The molecule has 8 heteroatoms. The number of nitrogens with zero attached hydrogens (tertiary/aromatic N) is 3. The first-order valence-electron chi connectivity index (χ1n) is 7.49. The molecule has 2 amide bonds. The Hall–Kier alpha value is -3.55. The van der Waals surface area contributed by atoms with Gasteiger partial charge in [0.2, 0.25) is 12.0 Å². The van der Waals surface area contributed by atoms with Gasteiger partial charge in [0.25, 0.3) is 11.6 Å². The summed E-state index contributed by atoms with van der Waals surface area (Å²) in [5.74, 6) is -1.74. The number of carbonyl (C=O) groups is 2. The number of nitro benzene ring substituents is 1. The summed E-state index contributed by atoms with van der Waals surface area (Å²) in [5.41, 5.74) is 1.21. The molecule has 0 aromatic heterocycles. The third-order valence-corrected chi connectivity index (χ3v) is 4.20. The van der Waals surface area contributed by atoms with Gasteiger partial charge in [-0.15, -0.1) is 0 Å². The first-order chi connectivity index (χ1) is 12.1. The van der Waals surface area contributed by atoms with Crippen LogP contribution in [0.4, 0.5) is 11.4 Å². The average molecular weight is 337 g/mol. The van der Waals surface area contributed by atoms with E-state index >= 15 is 0 Å². The number of hydrogen-bond donors (Lipinski definition) is 0. The lowest BCUT2D eigenvalue weighted by Gasteiger charge is -2.15. The Morgan fingerprint density at radius 1 is 1.00 bits per heavy atom. The highest BCUT2D eigenvalue weighted by atomic mass is 16.7. The van der Waals surface area contributed by atoms with Crippen molar-refractivity contribution in [3.63, 3.8) is 0 Å². The maximum Gasteiger partial charge on any atom is 0.278 e. The number of oxime groups is 1. The summed E-state index contributed by atoms with van der Waals surface area (Å²) in [7, 11) is 0. The van der Waals surface area contributed by atoms with Crippen LogP contribution in [-0.2, 0) is 14.4 Å². The van der Waals surface area contributed by atoms with E-state index in [1.165, 1.54) is 24.3 Å². The lowest BCUT2D eigenvalue weighted by molar-refractivity contribution is -0.384. The zero-order valence-corrected chi connectivity index (χ0v) is 12.7. The second-order valence-corrected chi connectivity index (χ2v) is 5.63. The van der Waals surface area contributed by atoms with Crippen molar-refractivity contribution in [3.05, 3.63) is 70.3 Å². The number of anilines is 1. The molecule has 0 bridgehead atoms. The minimum absolute atomic E-state index is 0.0699. The van der Waals surface area contributed by atoms with E-state index in [4.69, 9.17) is 4.84 Å². The smallest absolute Gasteiger partial charge is 0.278 e. The van der Waals surface area contributed by atoms with E-state index in [0.29, 0.717) is 17.0 Å². The molecule has 2 heterocycles. The summed E-state index contributed by atoms with van der Waals surface area (Å²) >= 11 is 0. The van der Waals surface area contributed by atoms with Crippen LogP contribution in [-0.4, -0.2) is 28.6 Å². The van der Waals surface area contributed by atoms with E-state index in [1.807, 2.05) is 0 Å². The van der Waals surface area contributed by atoms with Crippen LogP contribution in [0, 0.1) is 16.0 Å². The normalized spacial score (nSPS) is 21.8. The number of benzene rings is 2. The first-order valence-corrected chi connectivity index (χ1v) is 7.49. The summed E-state index contributed by atoms with van der Waals surface area (Å²) in [5, 5.41) is 14.6. The molecular formula is C17H11N3O5. The number of carbonyl (C=O) groups excluding carboxylic acids is 2. The van der Waals surface area contributed by atoms with Gasteiger partial charge in [0.1, 0.15) is 11.6 Å². The van der Waals surface area contributed by atoms with Crippen LogP contribution in [0.25, 0.3) is 0 Å². The Labute approximate surface area is 141 Å². The maximum absolute atomic E-state index is 12.8. The van der Waals surface area contributed by atoms with Crippen LogP contribution in [0.15, 0.2) is 59.8 Å². The molecule has 1 fully saturated rings. The topological polar surface area (TPSA) is 102 Å². The summed E-state index contributed by atoms with van der Waals surface area (Å²) in [4.78, 5) is 41.9. The predicted octanol–water partition coefficient (Wildman–Crippen LogP) is 1.89. The molecular weight excluding hydrogens is 326 g/mol. The molecule has 1 saturated heterocycles. The van der Waals surface area contributed by atoms with Gasteiger partial charge in [-0.05, 0) is 24.3 Å². The Morgan fingerprint density at radius 3 is 2.32 bits per heavy atom. The fourth-order valence-electron chi connectivity index (χ4n) is 3.00. The van der Waals surface area contributed by atoms with Crippen LogP contribution in [0.3, 0.4) is 0 Å². The molecule has 2 aromatic rings. The highest BCUT2D eigenvalue weighted by molar-refractivity contribution is 6.32. The Kier molecular flexibility index (Phi) is 3.31. The maximum atomic E-state index is 12.8. The quantitative estimate of drug-likeness (QED) is 0.483. The van der Waals surface area contributed by atoms with Gasteiger partial charge in [-0.1, -0.05) is 23.4 Å². The van der Waals surface area contributed by atoms with Gasteiger partial charge in [0.05, 0.1) is 10.6 Å². The van der Waals surface area contributed by atoms with Crippen molar-refractivity contribution in [1.82, 2.24) is 0 Å². The molecule has 2 aliphatic rings. The third kappa shape index (κ3) is 2.26. The molecule has 2 aliphatic heterocycles. The van der Waals surface area contributed by atoms with Crippen molar-refractivity contribution in [3.8, 4) is 0 Å². The summed E-state index contributed by atoms with van der Waals surface area (Å²) in [6, 6.07) is 14.2. The number of nitro groups is 1. The van der Waals surface area contributed by atoms with Gasteiger partial charge in [0, 0.05) is 17.7 Å². The molecule has 4 rings (SSSR count). The van der Waals surface area contributed by atoms with E-state index in [0.717, 1.165) is 4.90 Å². The number of hydrogen-bond acceptors (Lipinski definition) is 6. The second-order valence-electron chi connectivity index (χ2n) is 5.63. The van der Waals surface area contributed by atoms with E-state index in [9.17, 15) is 19.7 Å². The summed E-state index contributed by atoms with van der Waals surface area (Å²) < 4.78 is 0. The lowest BCUT2D eigenvalue weighted by Crippen LogP contribution is -2.33. The number of rotatable bonds is 3. The molecule has 0 radical (unpaired) electrons. The number of para-hydroxylation sites is 1. The van der Waals surface area contributed by atoms with Gasteiger partial charge < -0.3 is 4.84 Å². The molecule has 0 spiro atoms. The minimum Gasteiger partial charge on any atom is -0.381 e. The highest BCUT2D eigenvalue weighted by Crippen LogP contribution is 2.35. The molecule has 2 aromatic carbocycles. The second kappa shape index (κ2) is 5.52. The number of amides is 2. The third-order valence-electron chi connectivity index (χ3n) is 4.20. The molecule has 25 heavy (non-hydrogen) atoms. The monoisotopic (exact) mass is 337 g/mol. The predicted molar refractivity (Wildman–Crippen MR) is 86.9 cm³/mol. The molecule has 0 N–H and O–H groups in total. The Morgan fingerprint density at radius 2 is 1.68 bits per heavy atom.